The van der Waals surface area contributed by atoms with Gasteiger partial charge in [-0.3, -0.25) is 9.69 Å². The number of fused-ring (bicyclic) bond motifs is 1. The second-order valence-electron chi connectivity index (χ2n) is 6.93. The molecule has 3 unspecified atom stereocenters. The van der Waals surface area contributed by atoms with Gasteiger partial charge in [0, 0.05) is 12.2 Å². The molecule has 2 N–H and O–H groups in total. The van der Waals surface area contributed by atoms with Crippen LogP contribution in [0.3, 0.4) is 0 Å². The van der Waals surface area contributed by atoms with Gasteiger partial charge in [-0.15, -0.1) is 0 Å². The van der Waals surface area contributed by atoms with Crippen molar-refractivity contribution < 1.29 is 9.90 Å². The fraction of sp³-hybridized carbons (Fsp3) is 0.450. The summed E-state index contributed by atoms with van der Waals surface area (Å²) in [6.45, 7) is 2.67. The molecule has 4 heteroatoms. The standard InChI is InChI=1S/C20H26N2O2/c1-14(22(2)13-17-8-5-9-19(17)23)20(24)21-18-11-10-15-6-3-4-7-16(15)12-18/h3-4,6-7,10-12,14,17,19,23H,5,8-9,13H2,1-2H3,(H,21,24). The van der Waals surface area contributed by atoms with E-state index in [0.717, 1.165) is 42.3 Å². The summed E-state index contributed by atoms with van der Waals surface area (Å²) in [5.74, 6) is 0.270. The SMILES string of the molecule is CC(C(=O)Nc1ccc2ccccc2c1)N(C)CC1CCCC1O. The van der Waals surface area contributed by atoms with Crippen LogP contribution in [0, 0.1) is 5.92 Å². The zero-order valence-electron chi connectivity index (χ0n) is 14.4. The van der Waals surface area contributed by atoms with E-state index in [1.807, 2.05) is 55.3 Å². The fourth-order valence-electron chi connectivity index (χ4n) is 3.47. The molecule has 1 aliphatic rings. The fourth-order valence-corrected chi connectivity index (χ4v) is 3.47. The van der Waals surface area contributed by atoms with E-state index in [0.29, 0.717) is 0 Å². The number of anilines is 1. The number of aliphatic hydroxyl groups excluding tert-OH is 1. The van der Waals surface area contributed by atoms with Gasteiger partial charge in [-0.05, 0) is 55.6 Å². The normalized spacial score (nSPS) is 22.0. The van der Waals surface area contributed by atoms with Crippen molar-refractivity contribution in [2.45, 2.75) is 38.3 Å². The Balaban J connectivity index is 1.62. The molecule has 0 spiro atoms. The highest BCUT2D eigenvalue weighted by molar-refractivity contribution is 5.97. The van der Waals surface area contributed by atoms with E-state index in [2.05, 4.69) is 11.4 Å². The van der Waals surface area contributed by atoms with Gasteiger partial charge in [0.2, 0.25) is 5.91 Å². The van der Waals surface area contributed by atoms with E-state index in [4.69, 9.17) is 0 Å². The Morgan fingerprint density at radius 2 is 2.00 bits per heavy atom. The van der Waals surface area contributed by atoms with Gasteiger partial charge in [-0.25, -0.2) is 0 Å². The highest BCUT2D eigenvalue weighted by Crippen LogP contribution is 2.26. The number of nitrogens with zero attached hydrogens (tertiary/aromatic N) is 1. The number of rotatable bonds is 5. The largest absolute Gasteiger partial charge is 0.393 e. The van der Waals surface area contributed by atoms with Crippen LogP contribution in [-0.2, 0) is 4.79 Å². The average Bonchev–Trinajstić information content (AvgIpc) is 2.98. The van der Waals surface area contributed by atoms with Crippen LogP contribution in [0.2, 0.25) is 0 Å². The molecule has 2 aromatic carbocycles. The summed E-state index contributed by atoms with van der Waals surface area (Å²) in [5, 5.41) is 15.3. The van der Waals surface area contributed by atoms with Crippen molar-refractivity contribution in [2.24, 2.45) is 5.92 Å². The Bertz CT molecular complexity index is 716. The first-order valence-corrected chi connectivity index (χ1v) is 8.72. The van der Waals surface area contributed by atoms with E-state index < -0.39 is 0 Å². The van der Waals surface area contributed by atoms with Crippen LogP contribution >= 0.6 is 0 Å². The molecular weight excluding hydrogens is 300 g/mol. The molecule has 128 valence electrons. The van der Waals surface area contributed by atoms with Gasteiger partial charge in [-0.2, -0.15) is 0 Å². The minimum atomic E-state index is -0.232. The molecule has 0 heterocycles. The van der Waals surface area contributed by atoms with Crippen molar-refractivity contribution in [1.82, 2.24) is 4.90 Å². The van der Waals surface area contributed by atoms with Gasteiger partial charge in [0.05, 0.1) is 12.1 Å². The van der Waals surface area contributed by atoms with Gasteiger partial charge < -0.3 is 10.4 Å². The van der Waals surface area contributed by atoms with Crippen molar-refractivity contribution in [3.8, 4) is 0 Å². The summed E-state index contributed by atoms with van der Waals surface area (Å²) < 4.78 is 0. The van der Waals surface area contributed by atoms with Crippen LogP contribution in [0.5, 0.6) is 0 Å². The summed E-state index contributed by atoms with van der Waals surface area (Å²) in [5.41, 5.74) is 0.819. The number of amides is 1. The van der Waals surface area contributed by atoms with Crippen LogP contribution in [0.15, 0.2) is 42.5 Å². The van der Waals surface area contributed by atoms with Crippen molar-refractivity contribution in [1.29, 1.82) is 0 Å². The van der Waals surface area contributed by atoms with E-state index in [1.165, 1.54) is 0 Å². The number of nitrogens with one attached hydrogen (secondary N) is 1. The molecule has 1 amide bonds. The predicted octanol–water partition coefficient (Wildman–Crippen LogP) is 3.26. The minimum Gasteiger partial charge on any atom is -0.393 e. The van der Waals surface area contributed by atoms with E-state index in [1.54, 1.807) is 0 Å². The molecule has 0 bridgehead atoms. The van der Waals surface area contributed by atoms with Gasteiger partial charge in [0.25, 0.3) is 0 Å². The first kappa shape index (κ1) is 16.9. The molecule has 24 heavy (non-hydrogen) atoms. The lowest BCUT2D eigenvalue weighted by Gasteiger charge is -2.28. The Morgan fingerprint density at radius 1 is 1.25 bits per heavy atom. The molecule has 1 fully saturated rings. The van der Waals surface area contributed by atoms with Crippen molar-refractivity contribution in [3.63, 3.8) is 0 Å². The number of carbonyl (C=O) groups excluding carboxylic acids is 1. The number of aliphatic hydroxyl groups is 1. The number of likely N-dealkylation sites (N-methyl/N-ethyl adjacent to an activating group) is 1. The zero-order chi connectivity index (χ0) is 17.1. The Hall–Kier alpha value is -1.91. The maximum Gasteiger partial charge on any atom is 0.241 e. The van der Waals surface area contributed by atoms with Crippen molar-refractivity contribution in [2.75, 3.05) is 18.9 Å². The first-order chi connectivity index (χ1) is 11.5. The predicted molar refractivity (Wildman–Crippen MR) is 98.0 cm³/mol. The third-order valence-electron chi connectivity index (χ3n) is 5.20. The molecule has 3 atom stereocenters. The van der Waals surface area contributed by atoms with Gasteiger partial charge in [0.1, 0.15) is 0 Å². The molecule has 3 rings (SSSR count). The molecule has 0 aromatic heterocycles. The zero-order valence-corrected chi connectivity index (χ0v) is 14.4. The van der Waals surface area contributed by atoms with E-state index >= 15 is 0 Å². The number of hydrogen-bond acceptors (Lipinski definition) is 3. The summed E-state index contributed by atoms with van der Waals surface area (Å²) in [6.07, 6.45) is 2.79. The van der Waals surface area contributed by atoms with Gasteiger partial charge in [0.15, 0.2) is 0 Å². The lowest BCUT2D eigenvalue weighted by molar-refractivity contribution is -0.120. The topological polar surface area (TPSA) is 52.6 Å². The lowest BCUT2D eigenvalue weighted by atomic mass is 10.0. The van der Waals surface area contributed by atoms with Crippen LogP contribution in [0.25, 0.3) is 10.8 Å². The average molecular weight is 326 g/mol. The molecule has 1 aliphatic carbocycles. The lowest BCUT2D eigenvalue weighted by Crippen LogP contribution is -2.43. The van der Waals surface area contributed by atoms with Gasteiger partial charge >= 0.3 is 0 Å². The molecule has 2 aromatic rings. The summed E-state index contributed by atoms with van der Waals surface area (Å²) in [6, 6.07) is 13.8. The van der Waals surface area contributed by atoms with Crippen LogP contribution in [0.4, 0.5) is 5.69 Å². The van der Waals surface area contributed by atoms with Gasteiger partial charge in [-0.1, -0.05) is 36.8 Å². The van der Waals surface area contributed by atoms with Crippen LogP contribution in [-0.4, -0.2) is 41.7 Å². The molecule has 1 saturated carbocycles. The summed E-state index contributed by atoms with van der Waals surface area (Å²) >= 11 is 0. The van der Waals surface area contributed by atoms with Crippen LogP contribution in [0.1, 0.15) is 26.2 Å². The Labute approximate surface area is 143 Å². The number of hydrogen-bond donors (Lipinski definition) is 2. The van der Waals surface area contributed by atoms with Crippen molar-refractivity contribution >= 4 is 22.4 Å². The molecule has 0 aliphatic heterocycles. The highest BCUT2D eigenvalue weighted by Gasteiger charge is 2.28. The highest BCUT2D eigenvalue weighted by atomic mass is 16.3. The minimum absolute atomic E-state index is 0.0136. The van der Waals surface area contributed by atoms with Crippen LogP contribution < -0.4 is 5.32 Å². The van der Waals surface area contributed by atoms with E-state index in [9.17, 15) is 9.90 Å². The maximum atomic E-state index is 12.5. The Morgan fingerprint density at radius 3 is 2.71 bits per heavy atom. The molecular formula is C20H26N2O2. The monoisotopic (exact) mass is 326 g/mol. The Kier molecular flexibility index (Phi) is 5.17. The van der Waals surface area contributed by atoms with E-state index in [-0.39, 0.29) is 24.0 Å². The maximum absolute atomic E-state index is 12.5. The first-order valence-electron chi connectivity index (χ1n) is 8.72. The summed E-state index contributed by atoms with van der Waals surface area (Å²) in [4.78, 5) is 14.6. The van der Waals surface area contributed by atoms with Crippen molar-refractivity contribution in [3.05, 3.63) is 42.5 Å². The third kappa shape index (κ3) is 3.77. The summed E-state index contributed by atoms with van der Waals surface area (Å²) in [7, 11) is 1.95. The molecule has 4 nitrogen and oxygen atoms in total. The second kappa shape index (κ2) is 7.32. The quantitative estimate of drug-likeness (QED) is 0.887. The second-order valence-corrected chi connectivity index (χ2v) is 6.93. The smallest absolute Gasteiger partial charge is 0.241 e. The third-order valence-corrected chi connectivity index (χ3v) is 5.20. The molecule has 0 radical (unpaired) electrons. The number of carbonyl (C=O) groups is 1. The molecule has 0 saturated heterocycles. The number of benzene rings is 2.